The van der Waals surface area contributed by atoms with Crippen LogP contribution in [-0.2, 0) is 16.1 Å². The number of furan rings is 1. The number of hydrogen-bond donors (Lipinski definition) is 1. The third-order valence-electron chi connectivity index (χ3n) is 4.03. The summed E-state index contributed by atoms with van der Waals surface area (Å²) in [6, 6.07) is 10.7. The van der Waals surface area contributed by atoms with Crippen molar-refractivity contribution in [2.24, 2.45) is 0 Å². The Kier molecular flexibility index (Phi) is 5.83. The van der Waals surface area contributed by atoms with Gasteiger partial charge in [-0.25, -0.2) is 4.98 Å². The van der Waals surface area contributed by atoms with E-state index in [4.69, 9.17) is 9.15 Å². The highest BCUT2D eigenvalue weighted by Crippen LogP contribution is 2.10. The number of carbonyl (C=O) groups is 1. The van der Waals surface area contributed by atoms with Crippen LogP contribution in [0.25, 0.3) is 17.0 Å². The minimum atomic E-state index is -0.226. The summed E-state index contributed by atoms with van der Waals surface area (Å²) in [7, 11) is 1.57. The molecule has 7 nitrogen and oxygen atoms in total. The number of para-hydroxylation sites is 1. The average molecular weight is 367 g/mol. The van der Waals surface area contributed by atoms with Crippen molar-refractivity contribution >= 4 is 22.9 Å². The molecule has 0 fully saturated rings. The number of amides is 1. The van der Waals surface area contributed by atoms with E-state index in [9.17, 15) is 9.59 Å². The van der Waals surface area contributed by atoms with Crippen LogP contribution in [0, 0.1) is 6.92 Å². The molecule has 0 aliphatic rings. The molecule has 0 bridgehead atoms. The summed E-state index contributed by atoms with van der Waals surface area (Å²) in [5, 5.41) is 0.518. The Morgan fingerprint density at radius 3 is 2.85 bits per heavy atom. The zero-order valence-corrected chi connectivity index (χ0v) is 15.3. The fourth-order valence-electron chi connectivity index (χ4n) is 2.66. The maximum absolute atomic E-state index is 12.6. The number of aryl methyl sites for hydroxylation is 1. The zero-order chi connectivity index (χ0) is 19.2. The van der Waals surface area contributed by atoms with Crippen molar-refractivity contribution in [3.8, 4) is 0 Å². The number of carbonyl (C=O) groups excluding carboxylic acids is 1. The lowest BCUT2D eigenvalue weighted by molar-refractivity contribution is -0.127. The second-order valence-electron chi connectivity index (χ2n) is 6.06. The van der Waals surface area contributed by atoms with Gasteiger partial charge >= 0.3 is 0 Å². The predicted molar refractivity (Wildman–Crippen MR) is 102 cm³/mol. The molecule has 0 saturated heterocycles. The third kappa shape index (κ3) is 4.71. The molecule has 0 spiro atoms. The molecule has 0 aliphatic heterocycles. The molecule has 0 unspecified atom stereocenters. The van der Waals surface area contributed by atoms with Crippen LogP contribution in [0.1, 0.15) is 17.3 Å². The van der Waals surface area contributed by atoms with Gasteiger partial charge in [0.15, 0.2) is 0 Å². The molecular formula is C20H21N3O4. The van der Waals surface area contributed by atoms with E-state index in [1.165, 1.54) is 6.08 Å². The Balaban J connectivity index is 1.81. The molecule has 0 radical (unpaired) electrons. The van der Waals surface area contributed by atoms with Gasteiger partial charge < -0.3 is 19.0 Å². The number of nitrogens with one attached hydrogen (secondary N) is 1. The molecule has 1 amide bonds. The topological polar surface area (TPSA) is 88.4 Å². The Morgan fingerprint density at radius 2 is 2.11 bits per heavy atom. The monoisotopic (exact) mass is 367 g/mol. The van der Waals surface area contributed by atoms with Crippen molar-refractivity contribution in [2.45, 2.75) is 13.5 Å². The van der Waals surface area contributed by atoms with Gasteiger partial charge in [-0.15, -0.1) is 0 Å². The zero-order valence-electron chi connectivity index (χ0n) is 15.3. The summed E-state index contributed by atoms with van der Waals surface area (Å²) in [4.78, 5) is 33.6. The molecule has 1 N–H and O–H groups in total. The lowest BCUT2D eigenvalue weighted by atomic mass is 10.2. The third-order valence-corrected chi connectivity index (χ3v) is 4.03. The SMILES string of the molecule is COCCN(Cc1nc2ccccc2c(=O)[nH]1)C(=O)/C=C/c1ccc(C)o1. The molecule has 27 heavy (non-hydrogen) atoms. The molecule has 140 valence electrons. The normalized spacial score (nSPS) is 11.3. The summed E-state index contributed by atoms with van der Waals surface area (Å²) in [6.07, 6.45) is 3.05. The van der Waals surface area contributed by atoms with Crippen molar-refractivity contribution in [3.05, 3.63) is 70.2 Å². The van der Waals surface area contributed by atoms with Gasteiger partial charge in [-0.05, 0) is 37.3 Å². The number of aromatic nitrogens is 2. The van der Waals surface area contributed by atoms with E-state index >= 15 is 0 Å². The molecule has 1 aromatic carbocycles. The van der Waals surface area contributed by atoms with Gasteiger partial charge in [-0.3, -0.25) is 9.59 Å². The second kappa shape index (κ2) is 8.46. The first-order valence-corrected chi connectivity index (χ1v) is 8.57. The maximum Gasteiger partial charge on any atom is 0.258 e. The first kappa shape index (κ1) is 18.6. The van der Waals surface area contributed by atoms with Gasteiger partial charge in [-0.2, -0.15) is 0 Å². The highest BCUT2D eigenvalue weighted by molar-refractivity contribution is 5.91. The van der Waals surface area contributed by atoms with E-state index in [1.807, 2.05) is 19.1 Å². The molecule has 0 atom stereocenters. The Morgan fingerprint density at radius 1 is 1.30 bits per heavy atom. The van der Waals surface area contributed by atoms with E-state index < -0.39 is 0 Å². The molecule has 0 saturated carbocycles. The fraction of sp³-hybridized carbons (Fsp3) is 0.250. The summed E-state index contributed by atoms with van der Waals surface area (Å²) in [6.45, 7) is 2.75. The molecule has 2 heterocycles. The van der Waals surface area contributed by atoms with E-state index in [2.05, 4.69) is 9.97 Å². The van der Waals surface area contributed by atoms with Crippen LogP contribution in [0.3, 0.4) is 0 Å². The smallest absolute Gasteiger partial charge is 0.258 e. The quantitative estimate of drug-likeness (QED) is 0.648. The highest BCUT2D eigenvalue weighted by Gasteiger charge is 2.14. The molecule has 3 aromatic rings. The summed E-state index contributed by atoms with van der Waals surface area (Å²) in [5.74, 6) is 1.57. The van der Waals surface area contributed by atoms with Crippen LogP contribution in [0.5, 0.6) is 0 Å². The fourth-order valence-corrected chi connectivity index (χ4v) is 2.66. The first-order valence-electron chi connectivity index (χ1n) is 8.57. The second-order valence-corrected chi connectivity index (χ2v) is 6.06. The van der Waals surface area contributed by atoms with Crippen LogP contribution in [0.2, 0.25) is 0 Å². The Labute approximate surface area is 156 Å². The highest BCUT2D eigenvalue weighted by atomic mass is 16.5. The summed E-state index contributed by atoms with van der Waals surface area (Å²) >= 11 is 0. The molecule has 3 rings (SSSR count). The van der Waals surface area contributed by atoms with E-state index in [0.717, 1.165) is 5.76 Å². The van der Waals surface area contributed by atoms with Gasteiger partial charge in [0, 0.05) is 19.7 Å². The molecular weight excluding hydrogens is 346 g/mol. The number of methoxy groups -OCH3 is 1. The van der Waals surface area contributed by atoms with Crippen molar-refractivity contribution in [1.82, 2.24) is 14.9 Å². The number of nitrogens with zero attached hydrogens (tertiary/aromatic N) is 2. The number of rotatable bonds is 7. The van der Waals surface area contributed by atoms with E-state index in [-0.39, 0.29) is 18.0 Å². The van der Waals surface area contributed by atoms with Crippen LogP contribution in [-0.4, -0.2) is 41.0 Å². The summed E-state index contributed by atoms with van der Waals surface area (Å²) < 4.78 is 10.5. The largest absolute Gasteiger partial charge is 0.462 e. The van der Waals surface area contributed by atoms with Crippen molar-refractivity contribution < 1.29 is 13.9 Å². The lowest BCUT2D eigenvalue weighted by Gasteiger charge is -2.20. The van der Waals surface area contributed by atoms with Crippen LogP contribution >= 0.6 is 0 Å². The van der Waals surface area contributed by atoms with Gasteiger partial charge in [0.05, 0.1) is 24.1 Å². The van der Waals surface area contributed by atoms with Crippen molar-refractivity contribution in [3.63, 3.8) is 0 Å². The van der Waals surface area contributed by atoms with Gasteiger partial charge in [0.25, 0.3) is 5.56 Å². The average Bonchev–Trinajstić information content (AvgIpc) is 3.08. The molecule has 7 heteroatoms. The first-order chi connectivity index (χ1) is 13.1. The predicted octanol–water partition coefficient (Wildman–Crippen LogP) is 2.51. The number of fused-ring (bicyclic) bond motifs is 1. The van der Waals surface area contributed by atoms with Crippen LogP contribution in [0.4, 0.5) is 0 Å². The van der Waals surface area contributed by atoms with Crippen LogP contribution in [0.15, 0.2) is 51.7 Å². The molecule has 0 aliphatic carbocycles. The number of benzene rings is 1. The van der Waals surface area contributed by atoms with Gasteiger partial charge in [0.1, 0.15) is 17.3 Å². The number of H-pyrrole nitrogens is 1. The Hall–Kier alpha value is -3.19. The van der Waals surface area contributed by atoms with Crippen LogP contribution < -0.4 is 5.56 Å². The molecule has 2 aromatic heterocycles. The van der Waals surface area contributed by atoms with E-state index in [1.54, 1.807) is 42.4 Å². The summed E-state index contributed by atoms with van der Waals surface area (Å²) in [5.41, 5.74) is 0.369. The minimum Gasteiger partial charge on any atom is -0.462 e. The number of hydrogen-bond acceptors (Lipinski definition) is 5. The standard InChI is InChI=1S/C20H21N3O4/c1-14-7-8-15(27-14)9-10-19(24)23(11-12-26-2)13-18-21-17-6-4-3-5-16(17)20(25)22-18/h3-10H,11-13H2,1-2H3,(H,21,22,25)/b10-9+. The van der Waals surface area contributed by atoms with Gasteiger partial charge in [0.2, 0.25) is 5.91 Å². The lowest BCUT2D eigenvalue weighted by Crippen LogP contribution is -2.33. The Bertz CT molecular complexity index is 1020. The van der Waals surface area contributed by atoms with E-state index in [0.29, 0.717) is 35.6 Å². The van der Waals surface area contributed by atoms with Crippen molar-refractivity contribution in [1.29, 1.82) is 0 Å². The van der Waals surface area contributed by atoms with Gasteiger partial charge in [-0.1, -0.05) is 12.1 Å². The number of ether oxygens (including phenoxy) is 1. The number of aromatic amines is 1. The minimum absolute atomic E-state index is 0.170. The van der Waals surface area contributed by atoms with Crippen molar-refractivity contribution in [2.75, 3.05) is 20.3 Å². The maximum atomic E-state index is 12.6.